The minimum Gasteiger partial charge on any atom is -0.289 e. The van der Waals surface area contributed by atoms with E-state index >= 15 is 0 Å². The van der Waals surface area contributed by atoms with Gasteiger partial charge in [0.2, 0.25) is 0 Å². The van der Waals surface area contributed by atoms with Gasteiger partial charge in [-0.2, -0.15) is 8.42 Å². The van der Waals surface area contributed by atoms with E-state index < -0.39 is 20.6 Å². The first kappa shape index (κ1) is 18.6. The number of hydrogen-bond acceptors (Lipinski definition) is 8. The maximum Gasteiger partial charge on any atom is 0.293 e. The summed E-state index contributed by atoms with van der Waals surface area (Å²) in [4.78, 5) is 23.3. The molecular weight excluding hydrogens is 392 g/mol. The summed E-state index contributed by atoms with van der Waals surface area (Å²) in [6, 6.07) is 10.4. The lowest BCUT2D eigenvalue weighted by molar-refractivity contribution is -0.383. The van der Waals surface area contributed by atoms with Crippen molar-refractivity contribution in [2.24, 2.45) is 0 Å². The molecule has 0 unspecified atom stereocenters. The summed E-state index contributed by atoms with van der Waals surface area (Å²) in [5, 5.41) is 18.2. The second-order valence-corrected chi connectivity index (χ2v) is 8.13. The van der Waals surface area contributed by atoms with Crippen LogP contribution in [0.5, 0.6) is 0 Å². The number of nitrogens with zero attached hydrogens (tertiary/aromatic N) is 3. The molecule has 2 aromatic carbocycles. The number of nitro groups is 1. The van der Waals surface area contributed by atoms with E-state index in [1.54, 1.807) is 31.2 Å². The van der Waals surface area contributed by atoms with Crippen molar-refractivity contribution < 1.29 is 18.1 Å². The summed E-state index contributed by atoms with van der Waals surface area (Å²) in [6.07, 6.45) is 0. The third kappa shape index (κ3) is 3.83. The van der Waals surface area contributed by atoms with Gasteiger partial charge in [-0.25, -0.2) is 0 Å². The van der Waals surface area contributed by atoms with Crippen LogP contribution in [0.15, 0.2) is 52.3 Å². The minimum absolute atomic E-state index is 0.116. The summed E-state index contributed by atoms with van der Waals surface area (Å²) in [5.41, 5.74) is 1.69. The predicted molar refractivity (Wildman–Crippen MR) is 98.4 cm³/mol. The molecule has 1 N–H and O–H groups in total. The van der Waals surface area contributed by atoms with Crippen LogP contribution in [0.1, 0.15) is 21.5 Å². The topological polar surface area (TPSA) is 132 Å². The number of carbonyl (C=O) groups is 1. The monoisotopic (exact) mass is 404 g/mol. The van der Waals surface area contributed by atoms with Crippen molar-refractivity contribution in [3.05, 3.63) is 74.8 Å². The number of sulfonamides is 1. The molecule has 11 heteroatoms. The SMILES string of the molecule is Cc1ccccc1C(=O)c1ccc([N+](=O)[O-])c(NS(=O)(=O)c2nncs2)c1. The van der Waals surface area contributed by atoms with Crippen molar-refractivity contribution in [1.82, 2.24) is 10.2 Å². The van der Waals surface area contributed by atoms with E-state index in [9.17, 15) is 23.3 Å². The van der Waals surface area contributed by atoms with Crippen LogP contribution in [0, 0.1) is 17.0 Å². The molecule has 0 amide bonds. The third-order valence-electron chi connectivity index (χ3n) is 3.66. The van der Waals surface area contributed by atoms with Crippen LogP contribution in [0.25, 0.3) is 0 Å². The van der Waals surface area contributed by atoms with E-state index in [0.29, 0.717) is 5.56 Å². The number of rotatable bonds is 6. The zero-order valence-electron chi connectivity index (χ0n) is 13.8. The number of anilines is 1. The Morgan fingerprint density at radius 1 is 1.22 bits per heavy atom. The molecule has 0 atom stereocenters. The van der Waals surface area contributed by atoms with Crippen molar-refractivity contribution in [1.29, 1.82) is 0 Å². The minimum atomic E-state index is -4.16. The standard InChI is InChI=1S/C16H12N4O5S2/c1-10-4-2-3-5-12(10)15(21)11-6-7-14(20(22)23)13(8-11)19-27(24,25)16-18-17-9-26-16/h2-9,19H,1H3. The Morgan fingerprint density at radius 2 is 1.96 bits per heavy atom. The Bertz CT molecular complexity index is 1130. The van der Waals surface area contributed by atoms with Gasteiger partial charge in [0, 0.05) is 17.2 Å². The molecule has 9 nitrogen and oxygen atoms in total. The molecule has 3 rings (SSSR count). The first-order valence-corrected chi connectivity index (χ1v) is 9.83. The van der Waals surface area contributed by atoms with Crippen LogP contribution in [-0.2, 0) is 10.0 Å². The molecule has 0 saturated carbocycles. The van der Waals surface area contributed by atoms with Gasteiger partial charge < -0.3 is 0 Å². The van der Waals surface area contributed by atoms with Crippen LogP contribution in [0.3, 0.4) is 0 Å². The Kier molecular flexibility index (Phi) is 4.97. The lowest BCUT2D eigenvalue weighted by Gasteiger charge is -2.09. The van der Waals surface area contributed by atoms with Crippen molar-refractivity contribution in [2.75, 3.05) is 4.72 Å². The summed E-state index contributed by atoms with van der Waals surface area (Å²) >= 11 is 0.763. The molecule has 0 aliphatic carbocycles. The lowest BCUT2D eigenvalue weighted by Crippen LogP contribution is -2.15. The molecule has 0 bridgehead atoms. The molecule has 3 aromatic rings. The van der Waals surface area contributed by atoms with E-state index in [0.717, 1.165) is 29.0 Å². The average molecular weight is 404 g/mol. The zero-order chi connectivity index (χ0) is 19.6. The summed E-state index contributed by atoms with van der Waals surface area (Å²) in [7, 11) is -4.16. The summed E-state index contributed by atoms with van der Waals surface area (Å²) < 4.78 is 26.4. The van der Waals surface area contributed by atoms with Crippen LogP contribution in [0.2, 0.25) is 0 Å². The van der Waals surface area contributed by atoms with E-state index in [4.69, 9.17) is 0 Å². The molecular formula is C16H12N4O5S2. The Hall–Kier alpha value is -3.18. The van der Waals surface area contributed by atoms with Crippen LogP contribution in [0.4, 0.5) is 11.4 Å². The van der Waals surface area contributed by atoms with Crippen molar-refractivity contribution in [2.45, 2.75) is 11.3 Å². The van der Waals surface area contributed by atoms with Crippen molar-refractivity contribution in [3.8, 4) is 0 Å². The molecule has 0 fully saturated rings. The first-order valence-electron chi connectivity index (χ1n) is 7.47. The van der Waals surface area contributed by atoms with E-state index in [1.165, 1.54) is 11.6 Å². The molecule has 0 radical (unpaired) electrons. The molecule has 0 aliphatic rings. The van der Waals surface area contributed by atoms with Crippen LogP contribution in [-0.4, -0.2) is 29.3 Å². The summed E-state index contributed by atoms with van der Waals surface area (Å²) in [5.74, 6) is -0.376. The molecule has 0 aliphatic heterocycles. The van der Waals surface area contributed by atoms with Gasteiger partial charge in [0.1, 0.15) is 11.2 Å². The van der Waals surface area contributed by atoms with Crippen molar-refractivity contribution in [3.63, 3.8) is 0 Å². The largest absolute Gasteiger partial charge is 0.293 e. The van der Waals surface area contributed by atoms with Gasteiger partial charge in [-0.15, -0.1) is 10.2 Å². The zero-order valence-corrected chi connectivity index (χ0v) is 15.5. The Balaban J connectivity index is 2.05. The fourth-order valence-electron chi connectivity index (χ4n) is 2.37. The van der Waals surface area contributed by atoms with E-state index in [1.807, 2.05) is 0 Å². The summed E-state index contributed by atoms with van der Waals surface area (Å²) in [6.45, 7) is 1.76. The first-order chi connectivity index (χ1) is 12.8. The number of aryl methyl sites for hydroxylation is 1. The predicted octanol–water partition coefficient (Wildman–Crippen LogP) is 2.79. The molecule has 27 heavy (non-hydrogen) atoms. The second kappa shape index (κ2) is 7.21. The average Bonchev–Trinajstić information content (AvgIpc) is 3.16. The van der Waals surface area contributed by atoms with Gasteiger partial charge in [0.25, 0.3) is 20.1 Å². The molecule has 1 heterocycles. The lowest BCUT2D eigenvalue weighted by atomic mass is 9.98. The van der Waals surface area contributed by atoms with E-state index in [-0.39, 0.29) is 21.4 Å². The van der Waals surface area contributed by atoms with Gasteiger partial charge in [-0.05, 0) is 24.6 Å². The highest BCUT2D eigenvalue weighted by Gasteiger charge is 2.25. The normalized spacial score (nSPS) is 11.1. The van der Waals surface area contributed by atoms with Crippen molar-refractivity contribution >= 4 is 38.5 Å². The molecule has 0 saturated heterocycles. The van der Waals surface area contributed by atoms with Crippen LogP contribution >= 0.6 is 11.3 Å². The van der Waals surface area contributed by atoms with Gasteiger partial charge in [-0.1, -0.05) is 35.6 Å². The number of aromatic nitrogens is 2. The van der Waals surface area contributed by atoms with E-state index in [2.05, 4.69) is 14.9 Å². The third-order valence-corrected chi connectivity index (χ3v) is 6.12. The van der Waals surface area contributed by atoms with Gasteiger partial charge in [-0.3, -0.25) is 19.6 Å². The Morgan fingerprint density at radius 3 is 2.59 bits per heavy atom. The number of nitro benzene ring substituents is 1. The highest BCUT2D eigenvalue weighted by Crippen LogP contribution is 2.29. The smallest absolute Gasteiger partial charge is 0.289 e. The highest BCUT2D eigenvalue weighted by molar-refractivity contribution is 7.94. The number of carbonyl (C=O) groups excluding carboxylic acids is 1. The number of ketones is 1. The molecule has 138 valence electrons. The molecule has 0 spiro atoms. The second-order valence-electron chi connectivity index (χ2n) is 5.44. The van der Waals surface area contributed by atoms with Crippen LogP contribution < -0.4 is 4.72 Å². The number of benzene rings is 2. The number of hydrogen-bond donors (Lipinski definition) is 1. The molecule has 1 aromatic heterocycles. The Labute approximate surface area is 157 Å². The van der Waals surface area contributed by atoms with Gasteiger partial charge >= 0.3 is 0 Å². The maximum absolute atomic E-state index is 12.7. The fourth-order valence-corrected chi connectivity index (χ4v) is 4.10. The quantitative estimate of drug-likeness (QED) is 0.379. The number of nitrogens with one attached hydrogen (secondary N) is 1. The maximum atomic E-state index is 12.7. The van der Waals surface area contributed by atoms with Gasteiger partial charge in [0.05, 0.1) is 4.92 Å². The fraction of sp³-hybridized carbons (Fsp3) is 0.0625. The highest BCUT2D eigenvalue weighted by atomic mass is 32.2. The van der Waals surface area contributed by atoms with Gasteiger partial charge in [0.15, 0.2) is 5.78 Å².